The van der Waals surface area contributed by atoms with Gasteiger partial charge >= 0.3 is 5.97 Å². The Bertz CT molecular complexity index is 583. The molecule has 0 fully saturated rings. The molecule has 0 radical (unpaired) electrons. The predicted octanol–water partition coefficient (Wildman–Crippen LogP) is 1.90. The Balaban J connectivity index is 2.21. The lowest BCUT2D eigenvalue weighted by Crippen LogP contribution is -2.05. The van der Waals surface area contributed by atoms with E-state index in [0.717, 1.165) is 0 Å². The number of hydrogen-bond donors (Lipinski definition) is 0. The van der Waals surface area contributed by atoms with Gasteiger partial charge in [-0.05, 0) is 17.7 Å². The molecule has 102 valence electrons. The first-order valence-electron chi connectivity index (χ1n) is 5.52. The molecule has 2 rings (SSSR count). The second kappa shape index (κ2) is 5.75. The van der Waals surface area contributed by atoms with Crippen LogP contribution in [0.2, 0.25) is 0 Å². The minimum absolute atomic E-state index is 0.0482. The van der Waals surface area contributed by atoms with Crippen LogP contribution in [0.25, 0.3) is 5.52 Å². The molecule has 2 aromatic rings. The molecule has 0 aliphatic rings. The van der Waals surface area contributed by atoms with E-state index in [1.807, 2.05) is 0 Å². The number of aromatic nitrogens is 2. The van der Waals surface area contributed by atoms with Gasteiger partial charge in [0, 0.05) is 6.20 Å². The molecule has 0 saturated heterocycles. The Kier molecular flexibility index (Phi) is 4.06. The van der Waals surface area contributed by atoms with Crippen molar-refractivity contribution in [1.82, 2.24) is 9.61 Å². The van der Waals surface area contributed by atoms with Gasteiger partial charge < -0.3 is 9.47 Å². The summed E-state index contributed by atoms with van der Waals surface area (Å²) >= 11 is 0. The van der Waals surface area contributed by atoms with E-state index in [1.54, 1.807) is 18.3 Å². The molecular formula is C12H12F2N2O3. The van der Waals surface area contributed by atoms with Crippen molar-refractivity contribution in [2.45, 2.75) is 13.0 Å². The summed E-state index contributed by atoms with van der Waals surface area (Å²) in [6.45, 7) is -0.569. The number of hydrogen-bond acceptors (Lipinski definition) is 4. The highest BCUT2D eigenvalue weighted by Crippen LogP contribution is 2.14. The van der Waals surface area contributed by atoms with E-state index in [-0.39, 0.29) is 6.61 Å². The maximum absolute atomic E-state index is 12.0. The lowest BCUT2D eigenvalue weighted by Gasteiger charge is -2.04. The summed E-state index contributed by atoms with van der Waals surface area (Å²) in [4.78, 5) is 11.5. The SMILES string of the molecule is COC(=O)c1cnn2ccc(COCC(F)F)cc12. The first kappa shape index (κ1) is 13.4. The second-order valence-corrected chi connectivity index (χ2v) is 3.82. The molecule has 0 saturated carbocycles. The molecule has 7 heteroatoms. The van der Waals surface area contributed by atoms with Gasteiger partial charge in [-0.1, -0.05) is 0 Å². The fourth-order valence-corrected chi connectivity index (χ4v) is 1.65. The Labute approximate surface area is 107 Å². The van der Waals surface area contributed by atoms with Crippen LogP contribution >= 0.6 is 0 Å². The van der Waals surface area contributed by atoms with Crippen LogP contribution in [0.4, 0.5) is 8.78 Å². The number of carbonyl (C=O) groups excluding carboxylic acids is 1. The van der Waals surface area contributed by atoms with Crippen LogP contribution in [-0.4, -0.2) is 35.7 Å². The number of ether oxygens (including phenoxy) is 2. The average Bonchev–Trinajstić information content (AvgIpc) is 2.80. The number of alkyl halides is 2. The summed E-state index contributed by atoms with van der Waals surface area (Å²) in [5, 5.41) is 3.99. The maximum atomic E-state index is 12.0. The number of fused-ring (bicyclic) bond motifs is 1. The van der Waals surface area contributed by atoms with Crippen LogP contribution in [0.3, 0.4) is 0 Å². The molecular weight excluding hydrogens is 258 g/mol. The molecule has 2 aromatic heterocycles. The molecule has 0 unspecified atom stereocenters. The van der Waals surface area contributed by atoms with E-state index in [2.05, 4.69) is 9.84 Å². The van der Waals surface area contributed by atoms with E-state index < -0.39 is 19.0 Å². The smallest absolute Gasteiger partial charge is 0.341 e. The van der Waals surface area contributed by atoms with Gasteiger partial charge in [-0.25, -0.2) is 18.1 Å². The van der Waals surface area contributed by atoms with Crippen LogP contribution < -0.4 is 0 Å². The highest BCUT2D eigenvalue weighted by molar-refractivity contribution is 5.96. The van der Waals surface area contributed by atoms with Crippen LogP contribution in [0.5, 0.6) is 0 Å². The minimum Gasteiger partial charge on any atom is -0.465 e. The van der Waals surface area contributed by atoms with E-state index in [1.165, 1.54) is 17.8 Å². The Hall–Kier alpha value is -2.02. The summed E-state index contributed by atoms with van der Waals surface area (Å²) in [6.07, 6.45) is 0.526. The molecule has 0 atom stereocenters. The van der Waals surface area contributed by atoms with E-state index in [4.69, 9.17) is 4.74 Å². The van der Waals surface area contributed by atoms with Crippen molar-refractivity contribution in [2.24, 2.45) is 0 Å². The third kappa shape index (κ3) is 3.05. The second-order valence-electron chi connectivity index (χ2n) is 3.82. The van der Waals surface area contributed by atoms with Crippen LogP contribution in [0, 0.1) is 0 Å². The molecule has 0 aliphatic carbocycles. The van der Waals surface area contributed by atoms with E-state index in [0.29, 0.717) is 16.6 Å². The van der Waals surface area contributed by atoms with E-state index in [9.17, 15) is 13.6 Å². The van der Waals surface area contributed by atoms with Crippen LogP contribution in [0.1, 0.15) is 15.9 Å². The molecule has 0 aliphatic heterocycles. The highest BCUT2D eigenvalue weighted by atomic mass is 19.3. The predicted molar refractivity (Wildman–Crippen MR) is 62.2 cm³/mol. The van der Waals surface area contributed by atoms with Gasteiger partial charge in [0.15, 0.2) is 0 Å². The summed E-state index contributed by atoms with van der Waals surface area (Å²) in [5.41, 5.74) is 1.54. The molecule has 0 amide bonds. The van der Waals surface area contributed by atoms with Gasteiger partial charge in [0.1, 0.15) is 12.2 Å². The summed E-state index contributed by atoms with van der Waals surface area (Å²) in [5.74, 6) is -0.499. The van der Waals surface area contributed by atoms with E-state index >= 15 is 0 Å². The number of halogens is 2. The zero-order valence-corrected chi connectivity index (χ0v) is 10.2. The third-order valence-corrected chi connectivity index (χ3v) is 2.50. The molecule has 0 aromatic carbocycles. The van der Waals surface area contributed by atoms with Crippen LogP contribution in [0.15, 0.2) is 24.5 Å². The van der Waals surface area contributed by atoms with Crippen molar-refractivity contribution in [2.75, 3.05) is 13.7 Å². The number of pyridine rings is 1. The molecule has 2 heterocycles. The topological polar surface area (TPSA) is 52.8 Å². The molecule has 0 spiro atoms. The van der Waals surface area contributed by atoms with Crippen molar-refractivity contribution < 1.29 is 23.0 Å². The minimum atomic E-state index is -2.50. The fourth-order valence-electron chi connectivity index (χ4n) is 1.65. The first-order valence-corrected chi connectivity index (χ1v) is 5.52. The Morgan fingerprint density at radius 1 is 1.53 bits per heavy atom. The number of nitrogens with zero attached hydrogens (tertiary/aromatic N) is 2. The van der Waals surface area contributed by atoms with Crippen molar-refractivity contribution >= 4 is 11.5 Å². The zero-order valence-electron chi connectivity index (χ0n) is 10.2. The third-order valence-electron chi connectivity index (χ3n) is 2.50. The van der Waals surface area contributed by atoms with Gasteiger partial charge in [0.25, 0.3) is 6.43 Å². The highest BCUT2D eigenvalue weighted by Gasteiger charge is 2.13. The number of rotatable bonds is 5. The van der Waals surface area contributed by atoms with Crippen molar-refractivity contribution in [3.8, 4) is 0 Å². The summed E-state index contributed by atoms with van der Waals surface area (Å²) in [6, 6.07) is 3.34. The first-order chi connectivity index (χ1) is 9.11. The van der Waals surface area contributed by atoms with Crippen molar-refractivity contribution in [3.63, 3.8) is 0 Å². The number of methoxy groups -OCH3 is 1. The number of carbonyl (C=O) groups is 1. The normalized spacial score (nSPS) is 11.2. The standard InChI is InChI=1S/C12H12F2N2O3/c1-18-12(17)9-5-15-16-3-2-8(4-10(9)16)6-19-7-11(13)14/h2-5,11H,6-7H2,1H3. The Morgan fingerprint density at radius 2 is 2.32 bits per heavy atom. The van der Waals surface area contributed by atoms with Gasteiger partial charge in [0.05, 0.1) is 25.4 Å². The summed E-state index contributed by atoms with van der Waals surface area (Å²) in [7, 11) is 1.28. The van der Waals surface area contributed by atoms with Crippen LogP contribution in [-0.2, 0) is 16.1 Å². The molecule has 0 bridgehead atoms. The van der Waals surface area contributed by atoms with Gasteiger partial charge in [-0.2, -0.15) is 5.10 Å². The number of esters is 1. The molecule has 19 heavy (non-hydrogen) atoms. The van der Waals surface area contributed by atoms with Crippen molar-refractivity contribution in [1.29, 1.82) is 0 Å². The maximum Gasteiger partial charge on any atom is 0.341 e. The quantitative estimate of drug-likeness (QED) is 0.779. The largest absolute Gasteiger partial charge is 0.465 e. The van der Waals surface area contributed by atoms with Gasteiger partial charge in [-0.3, -0.25) is 0 Å². The van der Waals surface area contributed by atoms with Crippen molar-refractivity contribution in [3.05, 3.63) is 35.7 Å². The molecule has 5 nitrogen and oxygen atoms in total. The average molecular weight is 270 g/mol. The Morgan fingerprint density at radius 3 is 3.00 bits per heavy atom. The summed E-state index contributed by atoms with van der Waals surface area (Å²) < 4.78 is 34.9. The monoisotopic (exact) mass is 270 g/mol. The molecule has 0 N–H and O–H groups in total. The van der Waals surface area contributed by atoms with Gasteiger partial charge in [0.2, 0.25) is 0 Å². The fraction of sp³-hybridized carbons (Fsp3) is 0.333. The lowest BCUT2D eigenvalue weighted by atomic mass is 10.2. The lowest BCUT2D eigenvalue weighted by molar-refractivity contribution is 0.00988. The zero-order chi connectivity index (χ0) is 13.8. The van der Waals surface area contributed by atoms with Gasteiger partial charge in [-0.15, -0.1) is 0 Å².